The molecule has 23 heavy (non-hydrogen) atoms. The molecule has 0 radical (unpaired) electrons. The largest absolute Gasteiger partial charge is 0.399 e. The van der Waals surface area contributed by atoms with E-state index >= 15 is 0 Å². The first-order chi connectivity index (χ1) is 11.2. The molecule has 4 nitrogen and oxygen atoms in total. The highest BCUT2D eigenvalue weighted by atomic mass is 32.2. The number of aryl methyl sites for hydroxylation is 1. The lowest BCUT2D eigenvalue weighted by Crippen LogP contribution is -2.00. The Labute approximate surface area is 140 Å². The van der Waals surface area contributed by atoms with E-state index < -0.39 is 0 Å². The fourth-order valence-electron chi connectivity index (χ4n) is 2.48. The first kappa shape index (κ1) is 15.6. The first-order valence-corrected chi connectivity index (χ1v) is 8.63. The van der Waals surface area contributed by atoms with Gasteiger partial charge in [-0.15, -0.1) is 10.2 Å². The lowest BCUT2D eigenvalue weighted by atomic mass is 10.2. The number of thioether (sulfide) groups is 1. The van der Waals surface area contributed by atoms with Gasteiger partial charge in [0.1, 0.15) is 0 Å². The predicted octanol–water partition coefficient (Wildman–Crippen LogP) is 4.15. The van der Waals surface area contributed by atoms with Crippen LogP contribution in [0.4, 0.5) is 5.69 Å². The lowest BCUT2D eigenvalue weighted by molar-refractivity contribution is 0.687. The fraction of sp³-hybridized carbons (Fsp3) is 0.222. The molecule has 0 aliphatic rings. The highest BCUT2D eigenvalue weighted by molar-refractivity contribution is 7.98. The first-order valence-electron chi connectivity index (χ1n) is 7.65. The molecular formula is C18H20N4S. The molecule has 2 aromatic carbocycles. The minimum absolute atomic E-state index is 0.755. The van der Waals surface area contributed by atoms with E-state index in [9.17, 15) is 0 Å². The second-order valence-electron chi connectivity index (χ2n) is 5.45. The summed E-state index contributed by atoms with van der Waals surface area (Å²) < 4.78 is 2.14. The van der Waals surface area contributed by atoms with Gasteiger partial charge in [-0.25, -0.2) is 0 Å². The van der Waals surface area contributed by atoms with Crippen LogP contribution in [0.25, 0.3) is 11.4 Å². The van der Waals surface area contributed by atoms with E-state index in [-0.39, 0.29) is 0 Å². The van der Waals surface area contributed by atoms with Gasteiger partial charge >= 0.3 is 0 Å². The molecule has 0 bridgehead atoms. The minimum atomic E-state index is 0.755. The Morgan fingerprint density at radius 2 is 1.87 bits per heavy atom. The van der Waals surface area contributed by atoms with E-state index in [1.807, 2.05) is 24.3 Å². The van der Waals surface area contributed by atoms with Crippen LogP contribution in [0.3, 0.4) is 0 Å². The summed E-state index contributed by atoms with van der Waals surface area (Å²) in [6.45, 7) is 5.06. The van der Waals surface area contributed by atoms with Crippen LogP contribution in [0.2, 0.25) is 0 Å². The standard InChI is InChI=1S/C18H20N4S/c1-3-22-17(15-7-9-16(19)10-8-15)20-21-18(22)23-12-14-6-4-5-13(2)11-14/h4-11H,3,12,19H2,1-2H3. The zero-order valence-corrected chi connectivity index (χ0v) is 14.2. The summed E-state index contributed by atoms with van der Waals surface area (Å²) in [7, 11) is 0. The Bertz CT molecular complexity index is 793. The summed E-state index contributed by atoms with van der Waals surface area (Å²) in [5, 5.41) is 9.68. The minimum Gasteiger partial charge on any atom is -0.399 e. The SMILES string of the molecule is CCn1c(SCc2cccc(C)c2)nnc1-c1ccc(N)cc1. The van der Waals surface area contributed by atoms with E-state index in [0.717, 1.165) is 34.5 Å². The van der Waals surface area contributed by atoms with Crippen molar-refractivity contribution in [2.75, 3.05) is 5.73 Å². The van der Waals surface area contributed by atoms with Gasteiger partial charge in [-0.3, -0.25) is 0 Å². The van der Waals surface area contributed by atoms with Crippen LogP contribution < -0.4 is 5.73 Å². The van der Waals surface area contributed by atoms with Crippen molar-refractivity contribution >= 4 is 17.4 Å². The number of anilines is 1. The molecule has 0 atom stereocenters. The number of aromatic nitrogens is 3. The van der Waals surface area contributed by atoms with E-state index in [0.29, 0.717) is 0 Å². The summed E-state index contributed by atoms with van der Waals surface area (Å²) in [5.41, 5.74) is 10.1. The van der Waals surface area contributed by atoms with Gasteiger partial charge in [-0.2, -0.15) is 0 Å². The van der Waals surface area contributed by atoms with Gasteiger partial charge in [0.15, 0.2) is 11.0 Å². The van der Waals surface area contributed by atoms with Crippen molar-refractivity contribution in [3.8, 4) is 11.4 Å². The van der Waals surface area contributed by atoms with Crippen molar-refractivity contribution in [2.45, 2.75) is 31.3 Å². The van der Waals surface area contributed by atoms with Gasteiger partial charge in [0.05, 0.1) is 0 Å². The summed E-state index contributed by atoms with van der Waals surface area (Å²) >= 11 is 1.72. The predicted molar refractivity (Wildman–Crippen MR) is 96.3 cm³/mol. The summed E-state index contributed by atoms with van der Waals surface area (Å²) in [6.07, 6.45) is 0. The van der Waals surface area contributed by atoms with Crippen molar-refractivity contribution in [1.29, 1.82) is 0 Å². The molecule has 0 spiro atoms. The molecule has 0 unspecified atom stereocenters. The summed E-state index contributed by atoms with van der Waals surface area (Å²) in [4.78, 5) is 0. The Kier molecular flexibility index (Phi) is 4.67. The number of hydrogen-bond acceptors (Lipinski definition) is 4. The molecule has 1 aromatic heterocycles. The van der Waals surface area contributed by atoms with Gasteiger partial charge in [-0.05, 0) is 43.7 Å². The van der Waals surface area contributed by atoms with Crippen LogP contribution in [0.5, 0.6) is 0 Å². The lowest BCUT2D eigenvalue weighted by Gasteiger charge is -2.08. The third-order valence-corrected chi connectivity index (χ3v) is 4.69. The van der Waals surface area contributed by atoms with Crippen molar-refractivity contribution in [2.24, 2.45) is 0 Å². The molecule has 5 heteroatoms. The zero-order chi connectivity index (χ0) is 16.2. The zero-order valence-electron chi connectivity index (χ0n) is 13.4. The van der Waals surface area contributed by atoms with Crippen molar-refractivity contribution in [1.82, 2.24) is 14.8 Å². The molecule has 0 saturated heterocycles. The Morgan fingerprint density at radius 1 is 1.09 bits per heavy atom. The molecule has 2 N–H and O–H groups in total. The molecule has 0 aliphatic heterocycles. The number of nitrogen functional groups attached to an aromatic ring is 1. The van der Waals surface area contributed by atoms with Crippen molar-refractivity contribution in [3.05, 3.63) is 59.7 Å². The maximum atomic E-state index is 5.76. The number of hydrogen-bond donors (Lipinski definition) is 1. The van der Waals surface area contributed by atoms with Crippen LogP contribution in [0, 0.1) is 6.92 Å². The van der Waals surface area contributed by atoms with Crippen LogP contribution in [-0.2, 0) is 12.3 Å². The van der Waals surface area contributed by atoms with Gasteiger partial charge in [0.25, 0.3) is 0 Å². The van der Waals surface area contributed by atoms with Gasteiger partial charge < -0.3 is 10.3 Å². The summed E-state index contributed by atoms with van der Waals surface area (Å²) in [6, 6.07) is 16.3. The third-order valence-electron chi connectivity index (χ3n) is 3.65. The van der Waals surface area contributed by atoms with Crippen LogP contribution in [0.1, 0.15) is 18.1 Å². The van der Waals surface area contributed by atoms with Crippen molar-refractivity contribution < 1.29 is 0 Å². The topological polar surface area (TPSA) is 56.7 Å². The second kappa shape index (κ2) is 6.87. The van der Waals surface area contributed by atoms with Gasteiger partial charge in [-0.1, -0.05) is 41.6 Å². The van der Waals surface area contributed by atoms with Crippen LogP contribution >= 0.6 is 11.8 Å². The van der Waals surface area contributed by atoms with Gasteiger partial charge in [0.2, 0.25) is 0 Å². The normalized spacial score (nSPS) is 10.9. The molecule has 118 valence electrons. The molecular weight excluding hydrogens is 304 g/mol. The fourth-order valence-corrected chi connectivity index (χ4v) is 3.42. The Balaban J connectivity index is 1.82. The van der Waals surface area contributed by atoms with E-state index in [1.54, 1.807) is 11.8 Å². The Morgan fingerprint density at radius 3 is 2.57 bits per heavy atom. The number of rotatable bonds is 5. The maximum absolute atomic E-state index is 5.76. The number of nitrogens with two attached hydrogens (primary N) is 1. The molecule has 1 heterocycles. The maximum Gasteiger partial charge on any atom is 0.191 e. The second-order valence-corrected chi connectivity index (χ2v) is 6.39. The molecule has 0 amide bonds. The number of benzene rings is 2. The Hall–Kier alpha value is -2.27. The van der Waals surface area contributed by atoms with Crippen LogP contribution in [-0.4, -0.2) is 14.8 Å². The monoisotopic (exact) mass is 324 g/mol. The quantitative estimate of drug-likeness (QED) is 0.566. The smallest absolute Gasteiger partial charge is 0.191 e. The molecule has 3 aromatic rings. The van der Waals surface area contributed by atoms with E-state index in [1.165, 1.54) is 11.1 Å². The average molecular weight is 324 g/mol. The highest BCUT2D eigenvalue weighted by Gasteiger charge is 2.13. The number of nitrogens with zero attached hydrogens (tertiary/aromatic N) is 3. The third kappa shape index (κ3) is 3.56. The van der Waals surface area contributed by atoms with E-state index in [2.05, 4.69) is 52.9 Å². The molecule has 0 aliphatic carbocycles. The van der Waals surface area contributed by atoms with Crippen molar-refractivity contribution in [3.63, 3.8) is 0 Å². The summed E-state index contributed by atoms with van der Waals surface area (Å²) in [5.74, 6) is 1.78. The molecule has 0 fully saturated rings. The molecule has 0 saturated carbocycles. The average Bonchev–Trinajstić information content (AvgIpc) is 2.96. The van der Waals surface area contributed by atoms with Crippen LogP contribution in [0.15, 0.2) is 53.7 Å². The highest BCUT2D eigenvalue weighted by Crippen LogP contribution is 2.27. The van der Waals surface area contributed by atoms with E-state index in [4.69, 9.17) is 5.73 Å². The molecule has 3 rings (SSSR count). The van der Waals surface area contributed by atoms with Gasteiger partial charge in [0, 0.05) is 23.5 Å².